The van der Waals surface area contributed by atoms with Crippen LogP contribution in [0.2, 0.25) is 0 Å². The van der Waals surface area contributed by atoms with Gasteiger partial charge in [0.15, 0.2) is 0 Å². The van der Waals surface area contributed by atoms with Gasteiger partial charge in [0.1, 0.15) is 23.3 Å². The number of hydrogen-bond acceptors (Lipinski definition) is 4. The second-order valence-electron chi connectivity index (χ2n) is 7.30. The summed E-state index contributed by atoms with van der Waals surface area (Å²) in [5, 5.41) is 0. The molecule has 32 heavy (non-hydrogen) atoms. The lowest BCUT2D eigenvalue weighted by molar-refractivity contribution is 1.29. The molecule has 0 aliphatic carbocycles. The molecule has 6 rings (SSSR count). The molecule has 6 aromatic rings. The molecule has 0 aliphatic rings. The molecule has 0 saturated heterocycles. The van der Waals surface area contributed by atoms with Crippen LogP contribution in [0, 0.1) is 0 Å². The molecule has 8 heteroatoms. The molecule has 4 heterocycles. The third-order valence-electron chi connectivity index (χ3n) is 5.16. The zero-order chi connectivity index (χ0) is 21.3. The number of fused-ring (bicyclic) bond motifs is 2. The van der Waals surface area contributed by atoms with Crippen LogP contribution in [0.1, 0.15) is 11.6 Å². The number of aromatic amines is 4. The first kappa shape index (κ1) is 18.1. The van der Waals surface area contributed by atoms with Crippen molar-refractivity contribution in [2.75, 3.05) is 0 Å². The highest BCUT2D eigenvalue weighted by molar-refractivity contribution is 5.83. The van der Waals surface area contributed by atoms with E-state index in [2.05, 4.69) is 39.9 Å². The van der Waals surface area contributed by atoms with Gasteiger partial charge in [0.25, 0.3) is 0 Å². The van der Waals surface area contributed by atoms with E-state index in [-0.39, 0.29) is 0 Å². The fourth-order valence-electron chi connectivity index (χ4n) is 3.65. The molecule has 0 radical (unpaired) electrons. The average Bonchev–Trinajstić information content (AvgIpc) is 3.61. The molecule has 4 N–H and O–H groups in total. The van der Waals surface area contributed by atoms with E-state index in [0.717, 1.165) is 56.5 Å². The minimum absolute atomic E-state index is 0.786. The van der Waals surface area contributed by atoms with Crippen LogP contribution in [-0.4, -0.2) is 39.9 Å². The highest BCUT2D eigenvalue weighted by Crippen LogP contribution is 2.22. The first-order valence-electron chi connectivity index (χ1n) is 10.2. The topological polar surface area (TPSA) is 115 Å². The normalized spacial score (nSPS) is 12.1. The Morgan fingerprint density at radius 2 is 1.12 bits per heavy atom. The number of allylic oxidation sites excluding steroid dienone is 2. The molecule has 0 spiro atoms. The Kier molecular flexibility index (Phi) is 4.25. The quantitative estimate of drug-likeness (QED) is 0.297. The number of H-pyrrole nitrogens is 4. The van der Waals surface area contributed by atoms with Gasteiger partial charge in [-0.15, -0.1) is 0 Å². The summed E-state index contributed by atoms with van der Waals surface area (Å²) in [7, 11) is 0. The molecule has 0 aliphatic heterocycles. The minimum Gasteiger partial charge on any atom is -0.345 e. The van der Waals surface area contributed by atoms with Crippen molar-refractivity contribution in [1.29, 1.82) is 0 Å². The summed E-state index contributed by atoms with van der Waals surface area (Å²) in [5.74, 6) is 3.25. The number of nitrogens with one attached hydrogen (secondary N) is 4. The van der Waals surface area contributed by atoms with Crippen molar-refractivity contribution in [3.05, 3.63) is 85.0 Å². The molecular weight excluding hydrogens is 400 g/mol. The van der Waals surface area contributed by atoms with Crippen LogP contribution in [0.25, 0.3) is 57.0 Å². The number of benzene rings is 2. The molecule has 0 unspecified atom stereocenters. The molecule has 154 valence electrons. The van der Waals surface area contributed by atoms with Crippen LogP contribution in [0.4, 0.5) is 0 Å². The number of rotatable bonds is 5. The molecule has 0 bridgehead atoms. The largest absolute Gasteiger partial charge is 0.345 e. The minimum atomic E-state index is 0.786. The third kappa shape index (κ3) is 3.39. The van der Waals surface area contributed by atoms with E-state index < -0.39 is 0 Å². The third-order valence-corrected chi connectivity index (χ3v) is 5.16. The van der Waals surface area contributed by atoms with Gasteiger partial charge in [0.05, 0.1) is 22.1 Å². The molecule has 0 atom stereocenters. The molecule has 4 aromatic heterocycles. The number of hydrogen-bond donors (Lipinski definition) is 4. The van der Waals surface area contributed by atoms with E-state index in [9.17, 15) is 0 Å². The number of imidazole rings is 4. The van der Waals surface area contributed by atoms with Crippen molar-refractivity contribution in [2.24, 2.45) is 0 Å². The van der Waals surface area contributed by atoms with E-state index in [1.165, 1.54) is 0 Å². The summed E-state index contributed by atoms with van der Waals surface area (Å²) >= 11 is 0. The van der Waals surface area contributed by atoms with E-state index >= 15 is 0 Å². The van der Waals surface area contributed by atoms with E-state index in [4.69, 9.17) is 0 Å². The molecular formula is C24H18N8. The lowest BCUT2D eigenvalue weighted by atomic mass is 10.2. The van der Waals surface area contributed by atoms with Gasteiger partial charge in [-0.1, -0.05) is 12.2 Å². The Morgan fingerprint density at radius 1 is 0.625 bits per heavy atom. The Morgan fingerprint density at radius 3 is 1.56 bits per heavy atom. The van der Waals surface area contributed by atoms with Gasteiger partial charge in [-0.25, -0.2) is 19.9 Å². The maximum atomic E-state index is 4.61. The summed E-state index contributed by atoms with van der Waals surface area (Å²) in [5.41, 5.74) is 5.78. The van der Waals surface area contributed by atoms with Crippen LogP contribution >= 0.6 is 0 Å². The maximum Gasteiger partial charge on any atom is 0.137 e. The van der Waals surface area contributed by atoms with E-state index in [1.807, 2.05) is 73.1 Å². The standard InChI is InChI=1S/C24H18N8/c1(3-21-29-17-7-5-15(13-19(17)31-21)23-25-9-10-26-23)2-4-22-30-18-8-6-16(14-20(18)32-22)24-27-11-12-28-24/h1-14H,(H,25,26)(H,27,28)(H,29,31)(H,30,32)/b3-1+,4-2+. The van der Waals surface area contributed by atoms with E-state index in [1.54, 1.807) is 12.4 Å². The van der Waals surface area contributed by atoms with Crippen LogP contribution in [0.5, 0.6) is 0 Å². The second-order valence-corrected chi connectivity index (χ2v) is 7.30. The Balaban J connectivity index is 1.20. The summed E-state index contributed by atoms with van der Waals surface area (Å²) in [6, 6.07) is 12.1. The van der Waals surface area contributed by atoms with Gasteiger partial charge in [-0.05, 0) is 48.6 Å². The summed E-state index contributed by atoms with van der Waals surface area (Å²) in [6.45, 7) is 0. The fraction of sp³-hybridized carbons (Fsp3) is 0. The van der Waals surface area contributed by atoms with Gasteiger partial charge < -0.3 is 19.9 Å². The predicted molar refractivity (Wildman–Crippen MR) is 125 cm³/mol. The van der Waals surface area contributed by atoms with Gasteiger partial charge in [-0.2, -0.15) is 0 Å². The SMILES string of the molecule is C(/C=C/c1nc2ccc(-c3ncc[nH]3)cc2[nH]1)=C\c1nc2ccc(-c3ncc[nH]3)cc2[nH]1. The summed E-state index contributed by atoms with van der Waals surface area (Å²) < 4.78 is 0. The van der Waals surface area contributed by atoms with Gasteiger partial charge in [-0.3, -0.25) is 0 Å². The first-order valence-corrected chi connectivity index (χ1v) is 10.2. The fourth-order valence-corrected chi connectivity index (χ4v) is 3.65. The van der Waals surface area contributed by atoms with Crippen molar-refractivity contribution in [3.63, 3.8) is 0 Å². The molecule has 2 aromatic carbocycles. The van der Waals surface area contributed by atoms with Crippen LogP contribution in [0.3, 0.4) is 0 Å². The summed E-state index contributed by atoms with van der Waals surface area (Å²) in [6.07, 6.45) is 14.8. The Labute approximate surface area is 182 Å². The highest BCUT2D eigenvalue weighted by atomic mass is 14.9. The van der Waals surface area contributed by atoms with Crippen molar-refractivity contribution in [3.8, 4) is 22.8 Å². The smallest absolute Gasteiger partial charge is 0.137 e. The maximum absolute atomic E-state index is 4.61. The predicted octanol–water partition coefficient (Wildman–Crippen LogP) is 4.95. The monoisotopic (exact) mass is 418 g/mol. The lowest BCUT2D eigenvalue weighted by Crippen LogP contribution is -1.80. The lowest BCUT2D eigenvalue weighted by Gasteiger charge is -1.95. The van der Waals surface area contributed by atoms with Crippen molar-refractivity contribution in [1.82, 2.24) is 39.9 Å². The van der Waals surface area contributed by atoms with Gasteiger partial charge >= 0.3 is 0 Å². The van der Waals surface area contributed by atoms with Crippen LogP contribution in [0.15, 0.2) is 73.3 Å². The summed E-state index contributed by atoms with van der Waals surface area (Å²) in [4.78, 5) is 30.7. The first-order chi connectivity index (χ1) is 15.8. The van der Waals surface area contributed by atoms with Gasteiger partial charge in [0.2, 0.25) is 0 Å². The molecule has 0 saturated carbocycles. The zero-order valence-corrected chi connectivity index (χ0v) is 16.9. The van der Waals surface area contributed by atoms with Crippen molar-refractivity contribution >= 4 is 34.2 Å². The van der Waals surface area contributed by atoms with Crippen molar-refractivity contribution < 1.29 is 0 Å². The molecule has 0 fully saturated rings. The average molecular weight is 418 g/mol. The van der Waals surface area contributed by atoms with Crippen molar-refractivity contribution in [2.45, 2.75) is 0 Å². The second kappa shape index (κ2) is 7.51. The highest BCUT2D eigenvalue weighted by Gasteiger charge is 2.06. The Bertz CT molecular complexity index is 1440. The number of nitrogens with zero attached hydrogens (tertiary/aromatic N) is 4. The number of aromatic nitrogens is 8. The van der Waals surface area contributed by atoms with Crippen LogP contribution < -0.4 is 0 Å². The van der Waals surface area contributed by atoms with Crippen LogP contribution in [-0.2, 0) is 0 Å². The molecule has 0 amide bonds. The van der Waals surface area contributed by atoms with E-state index in [0.29, 0.717) is 0 Å². The molecule has 8 nitrogen and oxygen atoms in total. The Hall–Kier alpha value is -4.72. The van der Waals surface area contributed by atoms with Gasteiger partial charge in [0, 0.05) is 35.9 Å². The zero-order valence-electron chi connectivity index (χ0n) is 16.9.